The fourth-order valence-corrected chi connectivity index (χ4v) is 4.71. The third-order valence-electron chi connectivity index (χ3n) is 6.29. The molecule has 0 unspecified atom stereocenters. The molecule has 2 aromatic carbocycles. The van der Waals surface area contributed by atoms with E-state index in [9.17, 15) is 4.39 Å². The molecule has 3 nitrogen and oxygen atoms in total. The number of ether oxygens (including phenoxy) is 1. The maximum absolute atomic E-state index is 14.0. The Bertz CT molecular complexity index is 750. The fraction of sp³-hybridized carbons (Fsp3) is 0.478. The summed E-state index contributed by atoms with van der Waals surface area (Å²) in [4.78, 5) is 4.81. The smallest absolute Gasteiger partial charge is 0.146 e. The van der Waals surface area contributed by atoms with E-state index in [4.69, 9.17) is 4.74 Å². The van der Waals surface area contributed by atoms with Crippen LogP contribution < -0.4 is 9.64 Å². The highest BCUT2D eigenvalue weighted by Crippen LogP contribution is 2.36. The zero-order valence-electron chi connectivity index (χ0n) is 16.1. The minimum absolute atomic E-state index is 0.107. The molecule has 2 fully saturated rings. The number of rotatable bonds is 4. The molecule has 4 heteroatoms. The molecule has 144 valence electrons. The van der Waals surface area contributed by atoms with E-state index < -0.39 is 0 Å². The Morgan fingerprint density at radius 1 is 0.889 bits per heavy atom. The second-order valence-corrected chi connectivity index (χ2v) is 7.76. The molecule has 0 atom stereocenters. The van der Waals surface area contributed by atoms with Crippen molar-refractivity contribution in [2.45, 2.75) is 37.6 Å². The average molecular weight is 368 g/mol. The van der Waals surface area contributed by atoms with E-state index in [1.165, 1.54) is 31.2 Å². The Balaban J connectivity index is 1.30. The van der Waals surface area contributed by atoms with Gasteiger partial charge in [0.15, 0.2) is 0 Å². The van der Waals surface area contributed by atoms with Gasteiger partial charge < -0.3 is 9.64 Å². The quantitative estimate of drug-likeness (QED) is 0.779. The van der Waals surface area contributed by atoms with E-state index in [2.05, 4.69) is 28.0 Å². The number of nitrogens with zero attached hydrogens (tertiary/aromatic N) is 2. The Kier molecular flexibility index (Phi) is 5.63. The van der Waals surface area contributed by atoms with Gasteiger partial charge in [-0.2, -0.15) is 0 Å². The van der Waals surface area contributed by atoms with Crippen LogP contribution in [0.15, 0.2) is 48.5 Å². The SMILES string of the molecule is COc1cccc([C@H]2CC[C@H](N3CCN(c4ccccc4F)CC3)CC2)c1. The number of benzene rings is 2. The van der Waals surface area contributed by atoms with Crippen LogP contribution in [0.25, 0.3) is 0 Å². The predicted octanol–water partition coefficient (Wildman–Crippen LogP) is 4.68. The molecule has 1 saturated carbocycles. The van der Waals surface area contributed by atoms with Crippen LogP contribution in [0.3, 0.4) is 0 Å². The van der Waals surface area contributed by atoms with Crippen LogP contribution in [0.5, 0.6) is 5.75 Å². The van der Waals surface area contributed by atoms with Gasteiger partial charge >= 0.3 is 0 Å². The van der Waals surface area contributed by atoms with E-state index in [1.807, 2.05) is 18.2 Å². The number of piperazine rings is 1. The Morgan fingerprint density at radius 3 is 2.33 bits per heavy atom. The molecule has 0 amide bonds. The van der Waals surface area contributed by atoms with Crippen LogP contribution in [0.4, 0.5) is 10.1 Å². The molecule has 0 bridgehead atoms. The summed E-state index contributed by atoms with van der Waals surface area (Å²) in [7, 11) is 1.73. The second kappa shape index (κ2) is 8.30. The summed E-state index contributed by atoms with van der Waals surface area (Å²) in [5.74, 6) is 1.50. The normalized spacial score (nSPS) is 24.0. The number of hydrogen-bond acceptors (Lipinski definition) is 3. The van der Waals surface area contributed by atoms with Gasteiger partial charge in [-0.05, 0) is 61.4 Å². The molecule has 0 aromatic heterocycles. The highest BCUT2D eigenvalue weighted by molar-refractivity contribution is 5.48. The lowest BCUT2D eigenvalue weighted by Crippen LogP contribution is -2.51. The van der Waals surface area contributed by atoms with Gasteiger partial charge in [0, 0.05) is 32.2 Å². The third-order valence-corrected chi connectivity index (χ3v) is 6.29. The zero-order valence-corrected chi connectivity index (χ0v) is 16.1. The monoisotopic (exact) mass is 368 g/mol. The number of methoxy groups -OCH3 is 1. The topological polar surface area (TPSA) is 15.7 Å². The summed E-state index contributed by atoms with van der Waals surface area (Å²) in [6, 6.07) is 16.4. The third kappa shape index (κ3) is 4.11. The van der Waals surface area contributed by atoms with Gasteiger partial charge in [0.25, 0.3) is 0 Å². The van der Waals surface area contributed by atoms with Gasteiger partial charge in [0.2, 0.25) is 0 Å². The highest BCUT2D eigenvalue weighted by atomic mass is 19.1. The van der Waals surface area contributed by atoms with Gasteiger partial charge in [-0.25, -0.2) is 4.39 Å². The van der Waals surface area contributed by atoms with Crippen LogP contribution in [-0.2, 0) is 0 Å². The Hall–Kier alpha value is -2.07. The van der Waals surface area contributed by atoms with E-state index in [1.54, 1.807) is 19.2 Å². The molecule has 0 N–H and O–H groups in total. The lowest BCUT2D eigenvalue weighted by atomic mass is 9.81. The molecule has 2 aliphatic rings. The summed E-state index contributed by atoms with van der Waals surface area (Å²) < 4.78 is 19.4. The van der Waals surface area contributed by atoms with Crippen LogP contribution in [0.1, 0.15) is 37.2 Å². The summed E-state index contributed by atoms with van der Waals surface area (Å²) in [6.07, 6.45) is 4.99. The van der Waals surface area contributed by atoms with Crippen LogP contribution >= 0.6 is 0 Å². The van der Waals surface area contributed by atoms with Gasteiger partial charge in [-0.1, -0.05) is 24.3 Å². The number of anilines is 1. The summed E-state index contributed by atoms with van der Waals surface area (Å²) in [6.45, 7) is 3.89. The molecule has 1 heterocycles. The molecule has 4 rings (SSSR count). The second-order valence-electron chi connectivity index (χ2n) is 7.76. The predicted molar refractivity (Wildman–Crippen MR) is 108 cm³/mol. The van der Waals surface area contributed by atoms with Crippen molar-refractivity contribution in [3.8, 4) is 5.75 Å². The van der Waals surface area contributed by atoms with Crippen LogP contribution in [0.2, 0.25) is 0 Å². The van der Waals surface area contributed by atoms with Crippen molar-refractivity contribution in [2.24, 2.45) is 0 Å². The molecule has 1 saturated heterocycles. The lowest BCUT2D eigenvalue weighted by Gasteiger charge is -2.42. The van der Waals surface area contributed by atoms with Gasteiger partial charge in [-0.15, -0.1) is 0 Å². The number of hydrogen-bond donors (Lipinski definition) is 0. The van der Waals surface area contributed by atoms with Crippen molar-refractivity contribution in [1.82, 2.24) is 4.90 Å². The highest BCUT2D eigenvalue weighted by Gasteiger charge is 2.29. The summed E-state index contributed by atoms with van der Waals surface area (Å²) in [5, 5.41) is 0. The molecular formula is C23H29FN2O. The van der Waals surface area contributed by atoms with E-state index in [0.717, 1.165) is 37.6 Å². The summed E-state index contributed by atoms with van der Waals surface area (Å²) in [5.41, 5.74) is 2.16. The molecular weight excluding hydrogens is 339 g/mol. The minimum Gasteiger partial charge on any atom is -0.497 e. The minimum atomic E-state index is -0.107. The standard InChI is InChI=1S/C23H29FN2O/c1-27-21-6-4-5-19(17-21)18-9-11-20(12-10-18)25-13-15-26(16-14-25)23-8-3-2-7-22(23)24/h2-8,17-18,20H,9-16H2,1H3/t18-,20-. The first-order valence-electron chi connectivity index (χ1n) is 10.1. The van der Waals surface area contributed by atoms with E-state index in [-0.39, 0.29) is 5.82 Å². The molecule has 1 aliphatic heterocycles. The average Bonchev–Trinajstić information content (AvgIpc) is 2.74. The first kappa shape index (κ1) is 18.3. The van der Waals surface area contributed by atoms with Gasteiger partial charge in [0.05, 0.1) is 12.8 Å². The lowest BCUT2D eigenvalue weighted by molar-refractivity contribution is 0.141. The zero-order chi connectivity index (χ0) is 18.6. The van der Waals surface area contributed by atoms with Crippen LogP contribution in [-0.4, -0.2) is 44.2 Å². The van der Waals surface area contributed by atoms with Gasteiger partial charge in [-0.3, -0.25) is 4.90 Å². The Labute approximate surface area is 161 Å². The van der Waals surface area contributed by atoms with Crippen molar-refractivity contribution in [3.63, 3.8) is 0 Å². The van der Waals surface area contributed by atoms with E-state index in [0.29, 0.717) is 12.0 Å². The van der Waals surface area contributed by atoms with Crippen molar-refractivity contribution in [1.29, 1.82) is 0 Å². The maximum Gasteiger partial charge on any atom is 0.146 e. The van der Waals surface area contributed by atoms with E-state index >= 15 is 0 Å². The number of para-hydroxylation sites is 1. The largest absolute Gasteiger partial charge is 0.497 e. The summed E-state index contributed by atoms with van der Waals surface area (Å²) >= 11 is 0. The maximum atomic E-state index is 14.0. The van der Waals surface area contributed by atoms with Gasteiger partial charge in [0.1, 0.15) is 11.6 Å². The first-order chi connectivity index (χ1) is 13.2. The fourth-order valence-electron chi connectivity index (χ4n) is 4.71. The molecule has 2 aromatic rings. The number of halogens is 1. The van der Waals surface area contributed by atoms with Crippen molar-refractivity contribution >= 4 is 5.69 Å². The Morgan fingerprint density at radius 2 is 1.63 bits per heavy atom. The van der Waals surface area contributed by atoms with Crippen molar-refractivity contribution in [2.75, 3.05) is 38.2 Å². The van der Waals surface area contributed by atoms with Crippen LogP contribution in [0, 0.1) is 5.82 Å². The molecule has 0 radical (unpaired) electrons. The molecule has 27 heavy (non-hydrogen) atoms. The molecule has 0 spiro atoms. The van der Waals surface area contributed by atoms with Crippen molar-refractivity contribution in [3.05, 3.63) is 59.9 Å². The van der Waals surface area contributed by atoms with Crippen molar-refractivity contribution < 1.29 is 9.13 Å². The first-order valence-corrected chi connectivity index (χ1v) is 10.1. The molecule has 1 aliphatic carbocycles.